The molecule has 1 aliphatic rings. The lowest BCUT2D eigenvalue weighted by atomic mass is 9.63. The molecule has 0 unspecified atom stereocenters. The highest BCUT2D eigenvalue weighted by molar-refractivity contribution is 6.62. The summed E-state index contributed by atoms with van der Waals surface area (Å²) in [6.45, 7) is 2.80. The molecule has 1 rings (SSSR count). The summed E-state index contributed by atoms with van der Waals surface area (Å²) in [7, 11) is 0. The fourth-order valence-electron chi connectivity index (χ4n) is 0.533. The molecular formula is C5H9BO2. The molecule has 0 aromatic carbocycles. The third-order valence-corrected chi connectivity index (χ3v) is 0.970. The summed E-state index contributed by atoms with van der Waals surface area (Å²) in [5.41, 5.74) is 0. The lowest BCUT2D eigenvalue weighted by Crippen LogP contribution is -2.31. The number of aldehydes is 1. The third-order valence-electron chi connectivity index (χ3n) is 0.970. The van der Waals surface area contributed by atoms with Crippen molar-refractivity contribution in [3.63, 3.8) is 0 Å². The van der Waals surface area contributed by atoms with Crippen molar-refractivity contribution in [3.05, 3.63) is 12.3 Å². The van der Waals surface area contributed by atoms with E-state index in [-0.39, 0.29) is 0 Å². The SMILES string of the molecule is C[B-]1(C)OC=CC=[O+]1. The molecule has 0 aliphatic carbocycles. The van der Waals surface area contributed by atoms with Crippen molar-refractivity contribution in [1.29, 1.82) is 0 Å². The molecule has 3 heteroatoms. The van der Waals surface area contributed by atoms with Gasteiger partial charge in [0.25, 0.3) is 0 Å². The van der Waals surface area contributed by atoms with Crippen LogP contribution >= 0.6 is 0 Å². The Labute approximate surface area is 48.8 Å². The smallest absolute Gasteiger partial charge is 0.584 e. The van der Waals surface area contributed by atoms with Crippen molar-refractivity contribution in [3.8, 4) is 0 Å². The zero-order valence-electron chi connectivity index (χ0n) is 5.13. The van der Waals surface area contributed by atoms with Gasteiger partial charge in [-0.05, 0) is 13.6 Å². The van der Waals surface area contributed by atoms with E-state index in [9.17, 15) is 0 Å². The second-order valence-electron chi connectivity index (χ2n) is 2.35. The fraction of sp³-hybridized carbons (Fsp3) is 0.400. The van der Waals surface area contributed by atoms with E-state index in [2.05, 4.69) is 0 Å². The Kier molecular flexibility index (Phi) is 1.12. The van der Waals surface area contributed by atoms with Crippen molar-refractivity contribution in [1.82, 2.24) is 0 Å². The zero-order valence-corrected chi connectivity index (χ0v) is 5.13. The van der Waals surface area contributed by atoms with Gasteiger partial charge in [0.2, 0.25) is 6.29 Å². The van der Waals surface area contributed by atoms with Crippen LogP contribution in [0.25, 0.3) is 0 Å². The zero-order chi connectivity index (χ0) is 6.04. The maximum absolute atomic E-state index is 5.09. The van der Waals surface area contributed by atoms with Gasteiger partial charge in [0.1, 0.15) is 0 Å². The van der Waals surface area contributed by atoms with Crippen molar-refractivity contribution in [2.45, 2.75) is 13.6 Å². The van der Waals surface area contributed by atoms with Gasteiger partial charge in [-0.25, -0.2) is 0 Å². The Balaban J connectivity index is 2.65. The minimum atomic E-state index is -1.03. The van der Waals surface area contributed by atoms with Crippen LogP contribution in [0.15, 0.2) is 12.3 Å². The summed E-state index contributed by atoms with van der Waals surface area (Å²) >= 11 is 0. The Morgan fingerprint density at radius 2 is 2.25 bits per heavy atom. The van der Waals surface area contributed by atoms with Gasteiger partial charge in [0.15, 0.2) is 0 Å². The molecule has 0 spiro atoms. The average molecular weight is 112 g/mol. The average Bonchev–Trinajstić information content (AvgIpc) is 1.65. The van der Waals surface area contributed by atoms with E-state index >= 15 is 0 Å². The maximum atomic E-state index is 5.09. The van der Waals surface area contributed by atoms with Crippen LogP contribution in [0.1, 0.15) is 0 Å². The molecule has 44 valence electrons. The van der Waals surface area contributed by atoms with Crippen molar-refractivity contribution in [2.24, 2.45) is 0 Å². The molecular weight excluding hydrogens is 103 g/mol. The summed E-state index contributed by atoms with van der Waals surface area (Å²) in [6.07, 6.45) is 5.01. The van der Waals surface area contributed by atoms with Crippen LogP contribution in [-0.4, -0.2) is 12.8 Å². The number of allylic oxidation sites excluding steroid dienone is 1. The van der Waals surface area contributed by atoms with Crippen molar-refractivity contribution < 1.29 is 9.00 Å². The summed E-state index contributed by atoms with van der Waals surface area (Å²) in [5, 5.41) is 0. The van der Waals surface area contributed by atoms with Gasteiger partial charge in [-0.3, -0.25) is 0 Å². The second kappa shape index (κ2) is 1.65. The lowest BCUT2D eigenvalue weighted by Gasteiger charge is -2.16. The number of hydrogen-bond donors (Lipinski definition) is 0. The Bertz CT molecular complexity index is 137. The van der Waals surface area contributed by atoms with E-state index in [1.807, 2.05) is 13.6 Å². The number of carbonyl (C=O) groups excluding carboxylic acids is 1. The molecule has 1 aliphatic heterocycles. The first-order valence-corrected chi connectivity index (χ1v) is 2.76. The largest absolute Gasteiger partial charge is 0.639 e. The summed E-state index contributed by atoms with van der Waals surface area (Å²) in [6, 6.07) is 0. The van der Waals surface area contributed by atoms with Gasteiger partial charge in [-0.1, -0.05) is 0 Å². The molecule has 2 nitrogen and oxygen atoms in total. The van der Waals surface area contributed by atoms with Gasteiger partial charge in [-0.2, -0.15) is 0 Å². The van der Waals surface area contributed by atoms with Crippen molar-refractivity contribution >= 4 is 12.8 Å². The molecule has 0 atom stereocenters. The van der Waals surface area contributed by atoms with Crippen LogP contribution in [0, 0.1) is 0 Å². The van der Waals surface area contributed by atoms with Gasteiger partial charge in [0, 0.05) is 6.26 Å². The molecule has 1 heterocycles. The molecule has 0 saturated carbocycles. The first-order valence-electron chi connectivity index (χ1n) is 2.76. The monoisotopic (exact) mass is 112 g/mol. The molecule has 0 N–H and O–H groups in total. The highest BCUT2D eigenvalue weighted by Crippen LogP contribution is 2.03. The summed E-state index contributed by atoms with van der Waals surface area (Å²) in [5.74, 6) is 0. The number of rotatable bonds is 0. The topological polar surface area (TPSA) is 20.5 Å². The van der Waals surface area contributed by atoms with E-state index in [1.165, 1.54) is 0 Å². The van der Waals surface area contributed by atoms with Gasteiger partial charge in [-0.15, -0.1) is 0 Å². The molecule has 0 aromatic heterocycles. The molecule has 0 saturated heterocycles. The van der Waals surface area contributed by atoms with E-state index in [0.29, 0.717) is 0 Å². The lowest BCUT2D eigenvalue weighted by molar-refractivity contribution is -0.322. The highest BCUT2D eigenvalue weighted by atomic mass is 16.6. The highest BCUT2D eigenvalue weighted by Gasteiger charge is 2.29. The Morgan fingerprint density at radius 1 is 1.50 bits per heavy atom. The molecule has 0 aromatic rings. The minimum Gasteiger partial charge on any atom is -0.639 e. The van der Waals surface area contributed by atoms with Crippen LogP contribution in [0.4, 0.5) is 0 Å². The third kappa shape index (κ3) is 1.12. The van der Waals surface area contributed by atoms with E-state index < -0.39 is 6.55 Å². The predicted octanol–water partition coefficient (Wildman–Crippen LogP) is 0.967. The molecule has 0 amide bonds. The maximum Gasteiger partial charge on any atom is 0.584 e. The van der Waals surface area contributed by atoms with Gasteiger partial charge >= 0.3 is 6.55 Å². The van der Waals surface area contributed by atoms with Gasteiger partial charge < -0.3 is 9.00 Å². The van der Waals surface area contributed by atoms with E-state index in [0.717, 1.165) is 0 Å². The summed E-state index contributed by atoms with van der Waals surface area (Å²) < 4.78 is 10.2. The van der Waals surface area contributed by atoms with Crippen LogP contribution < -0.4 is 0 Å². The van der Waals surface area contributed by atoms with Crippen LogP contribution in [-0.2, 0) is 9.00 Å². The quantitative estimate of drug-likeness (QED) is 0.259. The van der Waals surface area contributed by atoms with Crippen LogP contribution in [0.5, 0.6) is 0 Å². The first kappa shape index (κ1) is 5.41. The predicted molar refractivity (Wildman–Crippen MR) is 33.8 cm³/mol. The molecule has 0 radical (unpaired) electrons. The molecule has 0 fully saturated rings. The van der Waals surface area contributed by atoms with Crippen LogP contribution in [0.2, 0.25) is 13.6 Å². The summed E-state index contributed by atoms with van der Waals surface area (Å²) in [4.78, 5) is 0. The first-order chi connectivity index (χ1) is 3.71. The molecule has 8 heavy (non-hydrogen) atoms. The normalized spacial score (nSPS) is 22.8. The van der Waals surface area contributed by atoms with E-state index in [1.54, 1.807) is 18.6 Å². The van der Waals surface area contributed by atoms with Crippen LogP contribution in [0.3, 0.4) is 0 Å². The standard InChI is InChI=1S/C5H9BO2/c1-6(2)7-4-3-5-8-6/h3-5H,1-2H3. The Morgan fingerprint density at radius 3 is 2.50 bits per heavy atom. The van der Waals surface area contributed by atoms with E-state index in [4.69, 9.17) is 9.00 Å². The molecule has 0 bridgehead atoms. The minimum absolute atomic E-state index is 1.03. The Hall–Kier alpha value is -0.725. The van der Waals surface area contributed by atoms with Gasteiger partial charge in [0.05, 0.1) is 6.08 Å². The number of hydrogen-bond acceptors (Lipinski definition) is 1. The van der Waals surface area contributed by atoms with Crippen molar-refractivity contribution in [2.75, 3.05) is 0 Å². The fourth-order valence-corrected chi connectivity index (χ4v) is 0.533. The second-order valence-corrected chi connectivity index (χ2v) is 2.35.